The Labute approximate surface area is 159 Å². The van der Waals surface area contributed by atoms with Crippen molar-refractivity contribution in [1.82, 2.24) is 14.7 Å². The Morgan fingerprint density at radius 2 is 2.04 bits per heavy atom. The van der Waals surface area contributed by atoms with Crippen LogP contribution in [0.5, 0.6) is 11.5 Å². The molecule has 140 valence electrons. The maximum Gasteiger partial charge on any atom is 0.194 e. The minimum Gasteiger partial charge on any atom is -0.493 e. The van der Waals surface area contributed by atoms with Crippen molar-refractivity contribution in [2.45, 2.75) is 46.7 Å². The highest BCUT2D eigenvalue weighted by molar-refractivity contribution is 7.17. The van der Waals surface area contributed by atoms with Crippen molar-refractivity contribution in [2.24, 2.45) is 0 Å². The summed E-state index contributed by atoms with van der Waals surface area (Å²) in [5.41, 5.74) is 3.47. The number of hydrogen-bond donors (Lipinski definition) is 1. The number of thiazole rings is 1. The molecule has 3 rings (SSSR count). The standard InChI is InChI=1S/C20H27N3O2S/c1-5-6-9-25-18-8-7-16(10-19(18)24-4)11-21-12-17-15(3)22-20-23(17)13-14(2)26-20/h7-8,10,13,21H,5-6,9,11-12H2,1-4H3. The lowest BCUT2D eigenvalue weighted by Gasteiger charge is -2.12. The molecule has 1 N–H and O–H groups in total. The minimum atomic E-state index is 0.723. The van der Waals surface area contributed by atoms with Crippen molar-refractivity contribution < 1.29 is 9.47 Å². The number of ether oxygens (including phenoxy) is 2. The van der Waals surface area contributed by atoms with Crippen molar-refractivity contribution in [3.8, 4) is 11.5 Å². The SMILES string of the molecule is CCCCOc1ccc(CNCc2c(C)nc3sc(C)cn23)cc1OC. The van der Waals surface area contributed by atoms with Crippen LogP contribution < -0.4 is 14.8 Å². The summed E-state index contributed by atoms with van der Waals surface area (Å²) in [5, 5.41) is 3.52. The second-order valence-electron chi connectivity index (χ2n) is 6.43. The lowest BCUT2D eigenvalue weighted by Crippen LogP contribution is -2.15. The van der Waals surface area contributed by atoms with Gasteiger partial charge in [-0.05, 0) is 38.0 Å². The first-order valence-electron chi connectivity index (χ1n) is 9.06. The molecule has 1 aromatic carbocycles. The van der Waals surface area contributed by atoms with Gasteiger partial charge in [0.15, 0.2) is 16.5 Å². The lowest BCUT2D eigenvalue weighted by atomic mass is 10.2. The number of rotatable bonds is 9. The number of nitrogens with zero attached hydrogens (tertiary/aromatic N) is 2. The van der Waals surface area contributed by atoms with Crippen molar-refractivity contribution in [2.75, 3.05) is 13.7 Å². The van der Waals surface area contributed by atoms with Gasteiger partial charge in [-0.2, -0.15) is 0 Å². The van der Waals surface area contributed by atoms with Gasteiger partial charge >= 0.3 is 0 Å². The topological polar surface area (TPSA) is 47.8 Å². The number of aromatic nitrogens is 2. The van der Waals surface area contributed by atoms with Crippen LogP contribution in [-0.2, 0) is 13.1 Å². The van der Waals surface area contributed by atoms with Crippen LogP contribution in [0.1, 0.15) is 41.6 Å². The Morgan fingerprint density at radius 3 is 2.81 bits per heavy atom. The number of fused-ring (bicyclic) bond motifs is 1. The normalized spacial score (nSPS) is 11.2. The van der Waals surface area contributed by atoms with E-state index in [1.807, 2.05) is 12.1 Å². The van der Waals surface area contributed by atoms with Gasteiger partial charge in [0, 0.05) is 24.2 Å². The summed E-state index contributed by atoms with van der Waals surface area (Å²) in [4.78, 5) is 6.98. The Balaban J connectivity index is 1.63. The van der Waals surface area contributed by atoms with Gasteiger partial charge < -0.3 is 14.8 Å². The van der Waals surface area contributed by atoms with Crippen LogP contribution in [0.2, 0.25) is 0 Å². The molecule has 0 spiro atoms. The molecule has 26 heavy (non-hydrogen) atoms. The van der Waals surface area contributed by atoms with Crippen molar-refractivity contribution in [3.63, 3.8) is 0 Å². The number of benzene rings is 1. The van der Waals surface area contributed by atoms with E-state index in [4.69, 9.17) is 9.47 Å². The Kier molecular flexibility index (Phi) is 6.16. The fraction of sp³-hybridized carbons (Fsp3) is 0.450. The Bertz CT molecular complexity index is 869. The first-order valence-corrected chi connectivity index (χ1v) is 9.88. The van der Waals surface area contributed by atoms with Crippen LogP contribution in [0.4, 0.5) is 0 Å². The molecule has 2 heterocycles. The number of unbranched alkanes of at least 4 members (excludes halogenated alkanes) is 1. The van der Waals surface area contributed by atoms with E-state index in [1.54, 1.807) is 18.4 Å². The zero-order valence-electron chi connectivity index (χ0n) is 16.0. The molecule has 0 amide bonds. The van der Waals surface area contributed by atoms with Gasteiger partial charge in [0.05, 0.1) is 25.1 Å². The third-order valence-corrected chi connectivity index (χ3v) is 5.24. The fourth-order valence-corrected chi connectivity index (χ4v) is 3.80. The third kappa shape index (κ3) is 4.19. The van der Waals surface area contributed by atoms with Gasteiger partial charge in [-0.15, -0.1) is 11.3 Å². The van der Waals surface area contributed by atoms with E-state index in [1.165, 1.54) is 16.1 Å². The van der Waals surface area contributed by atoms with Crippen LogP contribution in [0.3, 0.4) is 0 Å². The fourth-order valence-electron chi connectivity index (χ4n) is 2.91. The number of aryl methyl sites for hydroxylation is 2. The maximum absolute atomic E-state index is 5.80. The second kappa shape index (κ2) is 8.56. The average Bonchev–Trinajstić information content (AvgIpc) is 3.11. The minimum absolute atomic E-state index is 0.723. The lowest BCUT2D eigenvalue weighted by molar-refractivity contribution is 0.288. The first kappa shape index (κ1) is 18.7. The number of imidazole rings is 1. The monoisotopic (exact) mass is 373 g/mol. The Morgan fingerprint density at radius 1 is 1.19 bits per heavy atom. The molecular weight excluding hydrogens is 346 g/mol. The molecule has 0 aliphatic carbocycles. The van der Waals surface area contributed by atoms with Gasteiger partial charge in [0.2, 0.25) is 0 Å². The van der Waals surface area contributed by atoms with E-state index < -0.39 is 0 Å². The molecule has 0 fully saturated rings. The zero-order chi connectivity index (χ0) is 18.5. The van der Waals surface area contributed by atoms with Gasteiger partial charge in [-0.3, -0.25) is 4.40 Å². The van der Waals surface area contributed by atoms with E-state index in [0.717, 1.165) is 54.7 Å². The summed E-state index contributed by atoms with van der Waals surface area (Å²) in [6.07, 6.45) is 4.32. The molecule has 0 aliphatic rings. The predicted molar refractivity (Wildman–Crippen MR) is 106 cm³/mol. The molecule has 0 saturated heterocycles. The summed E-state index contributed by atoms with van der Waals surface area (Å²) < 4.78 is 13.5. The van der Waals surface area contributed by atoms with Crippen LogP contribution in [-0.4, -0.2) is 23.1 Å². The van der Waals surface area contributed by atoms with Gasteiger partial charge in [0.1, 0.15) is 0 Å². The molecule has 0 bridgehead atoms. The van der Waals surface area contributed by atoms with E-state index in [9.17, 15) is 0 Å². The molecule has 0 atom stereocenters. The molecule has 0 saturated carbocycles. The molecule has 0 unspecified atom stereocenters. The summed E-state index contributed by atoms with van der Waals surface area (Å²) in [7, 11) is 1.69. The largest absolute Gasteiger partial charge is 0.493 e. The summed E-state index contributed by atoms with van der Waals surface area (Å²) >= 11 is 1.73. The predicted octanol–water partition coefficient (Wildman–Crippen LogP) is 4.49. The maximum atomic E-state index is 5.80. The van der Waals surface area contributed by atoms with E-state index in [-0.39, 0.29) is 0 Å². The van der Waals surface area contributed by atoms with Crippen molar-refractivity contribution in [3.05, 3.63) is 46.2 Å². The van der Waals surface area contributed by atoms with Gasteiger partial charge in [0.25, 0.3) is 0 Å². The average molecular weight is 374 g/mol. The molecule has 0 aliphatic heterocycles. The molecule has 6 heteroatoms. The highest BCUT2D eigenvalue weighted by Gasteiger charge is 2.11. The number of nitrogens with one attached hydrogen (secondary N) is 1. The number of hydrogen-bond acceptors (Lipinski definition) is 5. The first-order chi connectivity index (χ1) is 12.6. The highest BCUT2D eigenvalue weighted by Crippen LogP contribution is 2.28. The van der Waals surface area contributed by atoms with Gasteiger partial charge in [-0.25, -0.2) is 4.98 Å². The van der Waals surface area contributed by atoms with Gasteiger partial charge in [-0.1, -0.05) is 19.4 Å². The quantitative estimate of drug-likeness (QED) is 0.562. The van der Waals surface area contributed by atoms with Crippen molar-refractivity contribution in [1.29, 1.82) is 0 Å². The summed E-state index contributed by atoms with van der Waals surface area (Å²) in [5.74, 6) is 1.60. The molecule has 5 nitrogen and oxygen atoms in total. The molecule has 0 radical (unpaired) electrons. The van der Waals surface area contributed by atoms with Crippen LogP contribution >= 0.6 is 11.3 Å². The number of methoxy groups -OCH3 is 1. The summed E-state index contributed by atoms with van der Waals surface area (Å²) in [6.45, 7) is 8.60. The zero-order valence-corrected chi connectivity index (χ0v) is 16.8. The smallest absolute Gasteiger partial charge is 0.194 e. The second-order valence-corrected chi connectivity index (χ2v) is 7.64. The molecule has 2 aromatic heterocycles. The van der Waals surface area contributed by atoms with Crippen LogP contribution in [0, 0.1) is 13.8 Å². The molecule has 3 aromatic rings. The highest BCUT2D eigenvalue weighted by atomic mass is 32.1. The third-order valence-electron chi connectivity index (χ3n) is 4.35. The van der Waals surface area contributed by atoms with Crippen LogP contribution in [0.25, 0.3) is 4.96 Å². The molecular formula is C20H27N3O2S. The van der Waals surface area contributed by atoms with E-state index in [2.05, 4.69) is 47.7 Å². The van der Waals surface area contributed by atoms with Crippen molar-refractivity contribution >= 4 is 16.3 Å². The van der Waals surface area contributed by atoms with E-state index >= 15 is 0 Å². The van der Waals surface area contributed by atoms with Crippen LogP contribution in [0.15, 0.2) is 24.4 Å². The summed E-state index contributed by atoms with van der Waals surface area (Å²) in [6, 6.07) is 6.13. The van der Waals surface area contributed by atoms with E-state index in [0.29, 0.717) is 0 Å². The Hall–Kier alpha value is -2.05.